The fourth-order valence-corrected chi connectivity index (χ4v) is 5.02. The predicted octanol–water partition coefficient (Wildman–Crippen LogP) is 9.28. The second-order valence-electron chi connectivity index (χ2n) is 9.65. The van der Waals surface area contributed by atoms with Crippen LogP contribution >= 0.6 is 0 Å². The molecule has 2 atom stereocenters. The topological polar surface area (TPSA) is 9.23 Å². The molecule has 1 aliphatic rings. The lowest BCUT2D eigenvalue weighted by molar-refractivity contribution is -0.0216. The van der Waals surface area contributed by atoms with Crippen molar-refractivity contribution in [3.05, 3.63) is 88.8 Å². The maximum absolute atomic E-state index is 15.0. The molecule has 0 N–H and O–H groups in total. The van der Waals surface area contributed by atoms with E-state index in [1.807, 2.05) is 0 Å². The van der Waals surface area contributed by atoms with Crippen molar-refractivity contribution in [1.29, 1.82) is 0 Å². The Morgan fingerprint density at radius 3 is 2.14 bits per heavy atom. The Hall–Kier alpha value is -2.99. The third kappa shape index (κ3) is 5.96. The van der Waals surface area contributed by atoms with Gasteiger partial charge in [-0.2, -0.15) is 0 Å². The first-order valence-corrected chi connectivity index (χ1v) is 12.8. The molecule has 1 heterocycles. The number of rotatable bonds is 8. The second-order valence-corrected chi connectivity index (χ2v) is 9.65. The van der Waals surface area contributed by atoms with Crippen molar-refractivity contribution in [2.75, 3.05) is 6.61 Å². The van der Waals surface area contributed by atoms with Crippen LogP contribution in [0.5, 0.6) is 0 Å². The molecule has 3 aromatic rings. The van der Waals surface area contributed by atoms with Gasteiger partial charge in [0.05, 0.1) is 6.10 Å². The minimum atomic E-state index is -1.32. The summed E-state index contributed by atoms with van der Waals surface area (Å²) in [6.07, 6.45) is 8.30. The summed E-state index contributed by atoms with van der Waals surface area (Å²) in [6.45, 7) is 4.58. The van der Waals surface area contributed by atoms with E-state index in [9.17, 15) is 13.2 Å². The summed E-state index contributed by atoms with van der Waals surface area (Å²) in [6, 6.07) is 9.17. The first-order valence-electron chi connectivity index (χ1n) is 12.8. The van der Waals surface area contributed by atoms with Gasteiger partial charge in [0.15, 0.2) is 23.3 Å². The van der Waals surface area contributed by atoms with Gasteiger partial charge in [-0.1, -0.05) is 61.9 Å². The van der Waals surface area contributed by atoms with Crippen molar-refractivity contribution in [3.63, 3.8) is 0 Å². The van der Waals surface area contributed by atoms with Gasteiger partial charge in [0, 0.05) is 28.9 Å². The Labute approximate surface area is 215 Å². The van der Waals surface area contributed by atoms with Crippen LogP contribution in [0.15, 0.2) is 48.5 Å². The van der Waals surface area contributed by atoms with Gasteiger partial charge in [0.1, 0.15) is 5.82 Å². The Bertz CT molecular complexity index is 1280. The minimum Gasteiger partial charge on any atom is -0.378 e. The van der Waals surface area contributed by atoms with Crippen molar-refractivity contribution in [1.82, 2.24) is 0 Å². The summed E-state index contributed by atoms with van der Waals surface area (Å²) in [5.41, 5.74) is -0.297. The van der Waals surface area contributed by atoms with E-state index >= 15 is 8.78 Å². The first-order chi connectivity index (χ1) is 17.8. The van der Waals surface area contributed by atoms with Crippen LogP contribution in [-0.4, -0.2) is 12.7 Å². The molecule has 3 aromatic carbocycles. The number of benzene rings is 3. The predicted molar refractivity (Wildman–Crippen MR) is 138 cm³/mol. The normalized spacial score (nSPS) is 18.0. The molecule has 1 nitrogen and oxygen atoms in total. The van der Waals surface area contributed by atoms with Crippen molar-refractivity contribution < 1.29 is 26.7 Å². The highest BCUT2D eigenvalue weighted by atomic mass is 19.2. The van der Waals surface area contributed by atoms with Gasteiger partial charge < -0.3 is 4.74 Å². The van der Waals surface area contributed by atoms with Crippen LogP contribution in [0.1, 0.15) is 57.1 Å². The first kappa shape index (κ1) is 27.1. The summed E-state index contributed by atoms with van der Waals surface area (Å²) >= 11 is 0. The number of halogens is 5. The number of hydrogen-bond acceptors (Lipinski definition) is 1. The van der Waals surface area contributed by atoms with Gasteiger partial charge in [-0.25, -0.2) is 22.0 Å². The molecule has 4 rings (SSSR count). The van der Waals surface area contributed by atoms with Gasteiger partial charge in [-0.15, -0.1) is 0 Å². The molecular weight excluding hydrogens is 483 g/mol. The number of allylic oxidation sites excluding steroid dienone is 1. The molecular formula is C31H31F5O. The molecule has 2 unspecified atom stereocenters. The molecule has 1 saturated heterocycles. The van der Waals surface area contributed by atoms with Crippen LogP contribution < -0.4 is 0 Å². The van der Waals surface area contributed by atoms with E-state index in [0.29, 0.717) is 24.5 Å². The molecule has 0 aromatic heterocycles. The Kier molecular flexibility index (Phi) is 8.80. The van der Waals surface area contributed by atoms with Crippen LogP contribution in [-0.2, 0) is 11.2 Å². The van der Waals surface area contributed by atoms with Gasteiger partial charge >= 0.3 is 0 Å². The average molecular weight is 515 g/mol. The quantitative estimate of drug-likeness (QED) is 0.272. The van der Waals surface area contributed by atoms with E-state index in [1.54, 1.807) is 19.1 Å². The fraction of sp³-hybridized carbons (Fsp3) is 0.355. The molecule has 0 aliphatic carbocycles. The lowest BCUT2D eigenvalue weighted by atomic mass is 9.92. The van der Waals surface area contributed by atoms with Crippen LogP contribution in [0.25, 0.3) is 28.3 Å². The molecule has 0 saturated carbocycles. The van der Waals surface area contributed by atoms with Crippen LogP contribution in [0, 0.1) is 35.0 Å². The summed E-state index contributed by atoms with van der Waals surface area (Å²) < 4.78 is 80.1. The zero-order chi connectivity index (χ0) is 26.5. The Balaban J connectivity index is 1.52. The van der Waals surface area contributed by atoms with E-state index in [2.05, 4.69) is 6.92 Å². The number of ether oxygens (including phenoxy) is 1. The van der Waals surface area contributed by atoms with Gasteiger partial charge in [-0.3, -0.25) is 0 Å². The van der Waals surface area contributed by atoms with Crippen molar-refractivity contribution in [2.24, 2.45) is 5.92 Å². The summed E-state index contributed by atoms with van der Waals surface area (Å²) in [5, 5.41) is 0. The molecule has 1 fully saturated rings. The van der Waals surface area contributed by atoms with E-state index in [0.717, 1.165) is 31.7 Å². The van der Waals surface area contributed by atoms with Crippen LogP contribution in [0.2, 0.25) is 0 Å². The molecule has 6 heteroatoms. The van der Waals surface area contributed by atoms with Gasteiger partial charge in [-0.05, 0) is 62.1 Å². The smallest absolute Gasteiger partial charge is 0.167 e. The minimum absolute atomic E-state index is 0.00576. The standard InChI is InChI=1S/C31H31F5O/c1-3-5-19-7-12-23(37-18-19)13-10-21-11-14-25(30(35)28(21)33)26-16-15-24(29(34)31(26)36)22-9-8-20(6-4-2)27(32)17-22/h4,6,8-9,11,14-17,19,23H,3,5,7,10,12-13,18H2,1-2H3/b6-4+. The van der Waals surface area contributed by atoms with Crippen LogP contribution in [0.3, 0.4) is 0 Å². The lowest BCUT2D eigenvalue weighted by Crippen LogP contribution is -2.26. The molecule has 0 bridgehead atoms. The summed E-state index contributed by atoms with van der Waals surface area (Å²) in [4.78, 5) is 0. The molecule has 0 amide bonds. The Morgan fingerprint density at radius 2 is 1.49 bits per heavy atom. The molecule has 1 aliphatic heterocycles. The third-order valence-electron chi connectivity index (χ3n) is 7.09. The maximum atomic E-state index is 15.0. The van der Waals surface area contributed by atoms with Crippen LogP contribution in [0.4, 0.5) is 22.0 Å². The van der Waals surface area contributed by atoms with Gasteiger partial charge in [0.25, 0.3) is 0 Å². The SMILES string of the molecule is C/C=C/c1ccc(-c2ccc(-c3ccc(CCC4CCC(CCC)CO4)c(F)c3F)c(F)c2F)cc1F. The van der Waals surface area contributed by atoms with Crippen molar-refractivity contribution in [3.8, 4) is 22.3 Å². The van der Waals surface area contributed by atoms with Gasteiger partial charge in [0.2, 0.25) is 0 Å². The fourth-order valence-electron chi connectivity index (χ4n) is 5.02. The maximum Gasteiger partial charge on any atom is 0.167 e. The zero-order valence-electron chi connectivity index (χ0n) is 21.1. The molecule has 0 radical (unpaired) electrons. The van der Waals surface area contributed by atoms with Crippen molar-refractivity contribution in [2.45, 2.75) is 58.5 Å². The second kappa shape index (κ2) is 12.0. The third-order valence-corrected chi connectivity index (χ3v) is 7.09. The highest BCUT2D eigenvalue weighted by Crippen LogP contribution is 2.35. The van der Waals surface area contributed by atoms with E-state index in [1.165, 1.54) is 36.4 Å². The summed E-state index contributed by atoms with van der Waals surface area (Å²) in [5.74, 6) is -4.88. The molecule has 196 valence electrons. The lowest BCUT2D eigenvalue weighted by Gasteiger charge is -2.29. The average Bonchev–Trinajstić information content (AvgIpc) is 2.89. The van der Waals surface area contributed by atoms with E-state index in [-0.39, 0.29) is 34.8 Å². The zero-order valence-corrected chi connectivity index (χ0v) is 21.1. The largest absolute Gasteiger partial charge is 0.378 e. The highest BCUT2D eigenvalue weighted by molar-refractivity contribution is 5.73. The number of aryl methyl sites for hydroxylation is 1. The van der Waals surface area contributed by atoms with E-state index < -0.39 is 34.6 Å². The van der Waals surface area contributed by atoms with Crippen molar-refractivity contribution >= 4 is 6.08 Å². The van der Waals surface area contributed by atoms with E-state index in [4.69, 9.17) is 4.74 Å². The monoisotopic (exact) mass is 514 g/mol. The Morgan fingerprint density at radius 1 is 0.811 bits per heavy atom. The number of hydrogen-bond donors (Lipinski definition) is 0. The molecule has 37 heavy (non-hydrogen) atoms. The highest BCUT2D eigenvalue weighted by Gasteiger charge is 2.24. The summed E-state index contributed by atoms with van der Waals surface area (Å²) in [7, 11) is 0. The molecule has 0 spiro atoms.